The minimum absolute atomic E-state index is 0.0367. The van der Waals surface area contributed by atoms with E-state index in [1.165, 1.54) is 14.2 Å². The number of rotatable bonds is 12. The molecule has 0 heterocycles. The highest BCUT2D eigenvalue weighted by Crippen LogP contribution is 2.15. The van der Waals surface area contributed by atoms with Crippen LogP contribution in [0.2, 0.25) is 0 Å². The number of carbonyl (C=O) groups is 4. The smallest absolute Gasteiger partial charge is 0.408 e. The van der Waals surface area contributed by atoms with Crippen LogP contribution in [0.5, 0.6) is 0 Å². The number of alkyl carbamates (subject to hydrolysis) is 1. The van der Waals surface area contributed by atoms with Crippen molar-refractivity contribution in [2.75, 3.05) is 19.5 Å². The summed E-state index contributed by atoms with van der Waals surface area (Å²) in [6, 6.07) is 7.13. The molecule has 0 aliphatic heterocycles. The first kappa shape index (κ1) is 29.4. The number of hydrogen-bond donors (Lipinski definition) is 3. The SMILES string of the molecule is COC(=O)[C@@H](NC(=O)[C@](CBr)(NC(=O)[C@@H](NC(=O)OCc1ccccc1)C(C)C)OC)C(C)C. The van der Waals surface area contributed by atoms with Gasteiger partial charge in [-0.05, 0) is 17.4 Å². The maximum absolute atomic E-state index is 13.1. The molecule has 1 rings (SSSR count). The van der Waals surface area contributed by atoms with Crippen LogP contribution in [-0.4, -0.2) is 61.2 Å². The molecule has 0 saturated carbocycles. The Morgan fingerprint density at radius 3 is 2.00 bits per heavy atom. The summed E-state index contributed by atoms with van der Waals surface area (Å²) in [5, 5.41) is 7.53. The highest BCUT2D eigenvalue weighted by Gasteiger charge is 2.43. The number of benzene rings is 1. The Bertz CT molecular complexity index is 829. The van der Waals surface area contributed by atoms with Crippen molar-refractivity contribution in [1.29, 1.82) is 0 Å². The molecule has 1 aromatic carbocycles. The summed E-state index contributed by atoms with van der Waals surface area (Å²) < 4.78 is 15.3. The maximum atomic E-state index is 13.1. The number of amides is 3. The highest BCUT2D eigenvalue weighted by molar-refractivity contribution is 9.09. The van der Waals surface area contributed by atoms with E-state index in [0.29, 0.717) is 0 Å². The molecule has 190 valence electrons. The molecule has 0 saturated heterocycles. The lowest BCUT2D eigenvalue weighted by Gasteiger charge is -2.34. The average molecular weight is 544 g/mol. The molecule has 0 aliphatic carbocycles. The maximum Gasteiger partial charge on any atom is 0.408 e. The number of esters is 1. The van der Waals surface area contributed by atoms with Crippen molar-refractivity contribution < 1.29 is 33.4 Å². The highest BCUT2D eigenvalue weighted by atomic mass is 79.9. The number of alkyl halides is 1. The molecular weight excluding hydrogens is 510 g/mol. The third-order valence-electron chi connectivity index (χ3n) is 5.07. The Kier molecular flexibility index (Phi) is 12.0. The second kappa shape index (κ2) is 13.9. The van der Waals surface area contributed by atoms with Gasteiger partial charge >= 0.3 is 12.1 Å². The van der Waals surface area contributed by atoms with E-state index < -0.39 is 41.7 Å². The fraction of sp³-hybridized carbons (Fsp3) is 0.565. The second-order valence-corrected chi connectivity index (χ2v) is 8.86. The number of methoxy groups -OCH3 is 2. The largest absolute Gasteiger partial charge is 0.467 e. The quantitative estimate of drug-likeness (QED) is 0.209. The molecule has 3 amide bonds. The van der Waals surface area contributed by atoms with Crippen LogP contribution in [0.1, 0.15) is 33.3 Å². The predicted molar refractivity (Wildman–Crippen MR) is 129 cm³/mol. The first-order chi connectivity index (χ1) is 16.0. The zero-order chi connectivity index (χ0) is 25.9. The molecule has 0 radical (unpaired) electrons. The summed E-state index contributed by atoms with van der Waals surface area (Å²) in [6.07, 6.45) is -0.783. The molecule has 34 heavy (non-hydrogen) atoms. The van der Waals surface area contributed by atoms with E-state index in [9.17, 15) is 19.2 Å². The average Bonchev–Trinajstić information content (AvgIpc) is 2.82. The van der Waals surface area contributed by atoms with Crippen LogP contribution in [-0.2, 0) is 35.2 Å². The predicted octanol–water partition coefficient (Wildman–Crippen LogP) is 2.11. The first-order valence-corrected chi connectivity index (χ1v) is 11.9. The lowest BCUT2D eigenvalue weighted by Crippen LogP contribution is -2.66. The van der Waals surface area contributed by atoms with Crippen molar-refractivity contribution >= 4 is 39.8 Å². The molecule has 0 fully saturated rings. The van der Waals surface area contributed by atoms with Gasteiger partial charge < -0.3 is 30.2 Å². The fourth-order valence-electron chi connectivity index (χ4n) is 2.94. The molecule has 0 bridgehead atoms. The van der Waals surface area contributed by atoms with Gasteiger partial charge in [0.15, 0.2) is 0 Å². The number of hydrogen-bond acceptors (Lipinski definition) is 7. The zero-order valence-electron chi connectivity index (χ0n) is 20.3. The first-order valence-electron chi connectivity index (χ1n) is 10.8. The van der Waals surface area contributed by atoms with E-state index in [2.05, 4.69) is 31.9 Å². The van der Waals surface area contributed by atoms with E-state index >= 15 is 0 Å². The van der Waals surface area contributed by atoms with Crippen molar-refractivity contribution in [2.45, 2.75) is 52.1 Å². The third-order valence-corrected chi connectivity index (χ3v) is 5.86. The summed E-state index contributed by atoms with van der Waals surface area (Å²) in [4.78, 5) is 50.5. The van der Waals surface area contributed by atoms with E-state index in [1.807, 2.05) is 18.2 Å². The van der Waals surface area contributed by atoms with E-state index in [-0.39, 0.29) is 23.8 Å². The van der Waals surface area contributed by atoms with E-state index in [4.69, 9.17) is 14.2 Å². The van der Waals surface area contributed by atoms with Crippen LogP contribution in [0.4, 0.5) is 4.79 Å². The molecule has 3 atom stereocenters. The summed E-state index contributed by atoms with van der Waals surface area (Å²) in [5.74, 6) is -2.66. The van der Waals surface area contributed by atoms with Gasteiger partial charge in [-0.3, -0.25) is 9.59 Å². The van der Waals surface area contributed by atoms with Gasteiger partial charge in [0.1, 0.15) is 18.7 Å². The molecule has 10 nitrogen and oxygen atoms in total. The van der Waals surface area contributed by atoms with Crippen LogP contribution in [0.3, 0.4) is 0 Å². The van der Waals surface area contributed by atoms with Crippen molar-refractivity contribution in [1.82, 2.24) is 16.0 Å². The third kappa shape index (κ3) is 8.28. The lowest BCUT2D eigenvalue weighted by atomic mass is 10.0. The van der Waals surface area contributed by atoms with Gasteiger partial charge in [0.2, 0.25) is 11.6 Å². The molecular formula is C23H34BrN3O7. The van der Waals surface area contributed by atoms with Gasteiger partial charge in [-0.2, -0.15) is 0 Å². The monoisotopic (exact) mass is 543 g/mol. The van der Waals surface area contributed by atoms with Gasteiger partial charge in [-0.25, -0.2) is 9.59 Å². The number of nitrogens with one attached hydrogen (secondary N) is 3. The van der Waals surface area contributed by atoms with Gasteiger partial charge in [0, 0.05) is 7.11 Å². The van der Waals surface area contributed by atoms with Crippen LogP contribution in [0.25, 0.3) is 0 Å². The van der Waals surface area contributed by atoms with Crippen molar-refractivity contribution in [3.63, 3.8) is 0 Å². The summed E-state index contributed by atoms with van der Waals surface area (Å²) in [5.41, 5.74) is -1.05. The lowest BCUT2D eigenvalue weighted by molar-refractivity contribution is -0.156. The van der Waals surface area contributed by atoms with Gasteiger partial charge in [-0.15, -0.1) is 0 Å². The number of ether oxygens (including phenoxy) is 3. The fourth-order valence-corrected chi connectivity index (χ4v) is 3.56. The van der Waals surface area contributed by atoms with Crippen LogP contribution < -0.4 is 16.0 Å². The Labute approximate surface area is 208 Å². The van der Waals surface area contributed by atoms with Crippen molar-refractivity contribution in [3.05, 3.63) is 35.9 Å². The van der Waals surface area contributed by atoms with Crippen molar-refractivity contribution in [2.24, 2.45) is 11.8 Å². The molecule has 0 aromatic heterocycles. The van der Waals surface area contributed by atoms with Crippen LogP contribution in [0.15, 0.2) is 30.3 Å². The van der Waals surface area contributed by atoms with Crippen LogP contribution >= 0.6 is 15.9 Å². The standard InChI is InChI=1S/C23H34BrN3O7/c1-14(2)17(26-22(31)34-12-16-10-8-7-9-11-16)19(28)27-23(13-24,33-6)21(30)25-18(15(3)4)20(29)32-5/h7-11,14-15,17-18H,12-13H2,1-6H3,(H,25,30)(H,26,31)(H,27,28)/t17-,18-,23+/m0/s1. The molecule has 0 unspecified atom stereocenters. The van der Waals surface area contributed by atoms with Crippen molar-refractivity contribution in [3.8, 4) is 0 Å². The number of carbonyl (C=O) groups excluding carboxylic acids is 4. The van der Waals surface area contributed by atoms with E-state index in [1.54, 1.807) is 39.8 Å². The van der Waals surface area contributed by atoms with Crippen LogP contribution in [0, 0.1) is 11.8 Å². The van der Waals surface area contributed by atoms with Gasteiger partial charge in [0.25, 0.3) is 5.91 Å². The topological polar surface area (TPSA) is 132 Å². The van der Waals surface area contributed by atoms with Gasteiger partial charge in [0.05, 0.1) is 12.4 Å². The normalized spacial score (nSPS) is 14.5. The number of halogens is 1. The summed E-state index contributed by atoms with van der Waals surface area (Å²) in [7, 11) is 2.46. The minimum Gasteiger partial charge on any atom is -0.467 e. The molecule has 11 heteroatoms. The Balaban J connectivity index is 2.94. The Hall–Kier alpha value is -2.66. The molecule has 0 aliphatic rings. The Morgan fingerprint density at radius 2 is 1.53 bits per heavy atom. The molecule has 1 aromatic rings. The second-order valence-electron chi connectivity index (χ2n) is 8.30. The van der Waals surface area contributed by atoms with E-state index in [0.717, 1.165) is 5.56 Å². The van der Waals surface area contributed by atoms with Gasteiger partial charge in [-0.1, -0.05) is 74.0 Å². The minimum atomic E-state index is -1.85. The summed E-state index contributed by atoms with van der Waals surface area (Å²) >= 11 is 3.20. The Morgan fingerprint density at radius 1 is 0.941 bits per heavy atom. The zero-order valence-corrected chi connectivity index (χ0v) is 21.9. The summed E-state index contributed by atoms with van der Waals surface area (Å²) in [6.45, 7) is 6.98. The molecule has 3 N–H and O–H groups in total. The molecule has 0 spiro atoms.